The van der Waals surface area contributed by atoms with Crippen molar-refractivity contribution in [3.63, 3.8) is 0 Å². The van der Waals surface area contributed by atoms with Gasteiger partial charge in [-0.2, -0.15) is 0 Å². The number of hydrogen-bond acceptors (Lipinski definition) is 3. The van der Waals surface area contributed by atoms with Crippen molar-refractivity contribution in [2.45, 2.75) is 30.8 Å². The number of morpholine rings is 1. The molecule has 3 aliphatic rings. The molecule has 3 atom stereocenters. The van der Waals surface area contributed by atoms with Crippen molar-refractivity contribution in [1.82, 2.24) is 4.90 Å². The van der Waals surface area contributed by atoms with Crippen LogP contribution >= 0.6 is 0 Å². The van der Waals surface area contributed by atoms with Crippen LogP contribution in [0.1, 0.15) is 24.0 Å². The molecule has 1 spiro atoms. The Labute approximate surface area is 131 Å². The fourth-order valence-corrected chi connectivity index (χ4v) is 4.35. The Balaban J connectivity index is 1.47. The lowest BCUT2D eigenvalue weighted by Gasteiger charge is -2.33. The molecule has 2 fully saturated rings. The van der Waals surface area contributed by atoms with Crippen molar-refractivity contribution in [2.24, 2.45) is 5.92 Å². The zero-order chi connectivity index (χ0) is 15.2. The van der Waals surface area contributed by atoms with Crippen LogP contribution in [0.3, 0.4) is 0 Å². The zero-order valence-corrected chi connectivity index (χ0v) is 13.1. The standard InChI is InChI=1S/C18H23NO3/c1-21-12-14-11-19(8-9-22-14)17(20)16-10-18(16)7-6-13-4-2-3-5-15(13)18/h2-5,14,16H,6-12H2,1H3/t14-,16-,18+/m0/s1. The Morgan fingerprint density at radius 1 is 1.45 bits per heavy atom. The van der Waals surface area contributed by atoms with Gasteiger partial charge in [-0.15, -0.1) is 0 Å². The van der Waals surface area contributed by atoms with E-state index in [1.54, 1.807) is 7.11 Å². The normalized spacial score (nSPS) is 33.0. The molecule has 4 heteroatoms. The highest BCUT2D eigenvalue weighted by Gasteiger charge is 2.62. The summed E-state index contributed by atoms with van der Waals surface area (Å²) in [4.78, 5) is 14.9. The number of rotatable bonds is 3. The van der Waals surface area contributed by atoms with Gasteiger partial charge in [0.05, 0.1) is 19.3 Å². The van der Waals surface area contributed by atoms with E-state index in [-0.39, 0.29) is 17.4 Å². The average Bonchev–Trinajstić information content (AvgIpc) is 3.17. The van der Waals surface area contributed by atoms with Gasteiger partial charge < -0.3 is 14.4 Å². The lowest BCUT2D eigenvalue weighted by Crippen LogP contribution is -2.48. The first-order valence-corrected chi connectivity index (χ1v) is 8.22. The van der Waals surface area contributed by atoms with Gasteiger partial charge in [-0.25, -0.2) is 0 Å². The zero-order valence-electron chi connectivity index (χ0n) is 13.1. The Morgan fingerprint density at radius 3 is 3.18 bits per heavy atom. The highest BCUT2D eigenvalue weighted by Crippen LogP contribution is 2.62. The van der Waals surface area contributed by atoms with Crippen molar-refractivity contribution in [2.75, 3.05) is 33.4 Å². The van der Waals surface area contributed by atoms with Gasteiger partial charge in [0.15, 0.2) is 0 Å². The number of aryl methyl sites for hydroxylation is 1. The molecule has 22 heavy (non-hydrogen) atoms. The Morgan fingerprint density at radius 2 is 2.32 bits per heavy atom. The predicted octanol–water partition coefficient (Wildman–Crippen LogP) is 1.76. The van der Waals surface area contributed by atoms with E-state index in [0.29, 0.717) is 32.2 Å². The molecule has 0 bridgehead atoms. The number of carbonyl (C=O) groups excluding carboxylic acids is 1. The van der Waals surface area contributed by atoms with E-state index in [2.05, 4.69) is 24.3 Å². The average molecular weight is 301 g/mol. The molecule has 4 rings (SSSR count). The van der Waals surface area contributed by atoms with Gasteiger partial charge in [0.1, 0.15) is 0 Å². The van der Waals surface area contributed by atoms with Crippen molar-refractivity contribution in [3.05, 3.63) is 35.4 Å². The fourth-order valence-electron chi connectivity index (χ4n) is 4.35. The minimum Gasteiger partial charge on any atom is -0.382 e. The van der Waals surface area contributed by atoms with E-state index in [1.807, 2.05) is 4.90 Å². The molecule has 1 heterocycles. The van der Waals surface area contributed by atoms with Crippen LogP contribution in [0.5, 0.6) is 0 Å². The molecule has 118 valence electrons. The largest absolute Gasteiger partial charge is 0.382 e. The molecule has 1 aromatic carbocycles. The molecule has 0 radical (unpaired) electrons. The van der Waals surface area contributed by atoms with Crippen LogP contribution in [0.4, 0.5) is 0 Å². The number of hydrogen-bond donors (Lipinski definition) is 0. The monoisotopic (exact) mass is 301 g/mol. The first kappa shape index (κ1) is 14.2. The van der Waals surface area contributed by atoms with Crippen LogP contribution in [0.15, 0.2) is 24.3 Å². The van der Waals surface area contributed by atoms with Crippen LogP contribution < -0.4 is 0 Å². The summed E-state index contributed by atoms with van der Waals surface area (Å²) in [5.74, 6) is 0.499. The molecule has 1 amide bonds. The quantitative estimate of drug-likeness (QED) is 0.854. The first-order chi connectivity index (χ1) is 10.7. The summed E-state index contributed by atoms with van der Waals surface area (Å²) >= 11 is 0. The van der Waals surface area contributed by atoms with E-state index in [1.165, 1.54) is 11.1 Å². The van der Waals surface area contributed by atoms with E-state index < -0.39 is 0 Å². The van der Waals surface area contributed by atoms with Gasteiger partial charge in [0, 0.05) is 31.5 Å². The Bertz CT molecular complexity index is 585. The minimum atomic E-state index is 0.0215. The maximum absolute atomic E-state index is 12.9. The number of carbonyl (C=O) groups is 1. The molecule has 4 nitrogen and oxygen atoms in total. The van der Waals surface area contributed by atoms with Crippen molar-refractivity contribution < 1.29 is 14.3 Å². The fraction of sp³-hybridized carbons (Fsp3) is 0.611. The van der Waals surface area contributed by atoms with E-state index in [4.69, 9.17) is 9.47 Å². The summed E-state index contributed by atoms with van der Waals surface area (Å²) in [5.41, 5.74) is 3.01. The second kappa shape index (κ2) is 5.36. The van der Waals surface area contributed by atoms with Gasteiger partial charge in [-0.05, 0) is 30.4 Å². The molecule has 1 aromatic rings. The van der Waals surface area contributed by atoms with Crippen LogP contribution in [0, 0.1) is 5.92 Å². The highest BCUT2D eigenvalue weighted by molar-refractivity contribution is 5.85. The predicted molar refractivity (Wildman–Crippen MR) is 82.7 cm³/mol. The molecule has 0 N–H and O–H groups in total. The van der Waals surface area contributed by atoms with Crippen LogP contribution in [-0.2, 0) is 26.1 Å². The van der Waals surface area contributed by atoms with Crippen molar-refractivity contribution in [1.29, 1.82) is 0 Å². The third-order valence-corrected chi connectivity index (χ3v) is 5.57. The lowest BCUT2D eigenvalue weighted by molar-refractivity contribution is -0.142. The van der Waals surface area contributed by atoms with Gasteiger partial charge in [-0.1, -0.05) is 24.3 Å². The topological polar surface area (TPSA) is 38.8 Å². The Hall–Kier alpha value is -1.39. The summed E-state index contributed by atoms with van der Waals surface area (Å²) in [6.07, 6.45) is 3.30. The molecule has 0 unspecified atom stereocenters. The molecule has 2 aliphatic carbocycles. The van der Waals surface area contributed by atoms with Crippen molar-refractivity contribution in [3.8, 4) is 0 Å². The molecule has 1 aliphatic heterocycles. The van der Waals surface area contributed by atoms with Crippen molar-refractivity contribution >= 4 is 5.91 Å². The number of ether oxygens (including phenoxy) is 2. The van der Waals surface area contributed by atoms with Crippen LogP contribution in [-0.4, -0.2) is 50.3 Å². The first-order valence-electron chi connectivity index (χ1n) is 8.22. The van der Waals surface area contributed by atoms with E-state index >= 15 is 0 Å². The number of benzene rings is 1. The van der Waals surface area contributed by atoms with Gasteiger partial charge in [0.2, 0.25) is 5.91 Å². The summed E-state index contributed by atoms with van der Waals surface area (Å²) in [6.45, 7) is 2.56. The number of nitrogens with zero attached hydrogens (tertiary/aromatic N) is 1. The Kier molecular flexibility index (Phi) is 3.46. The van der Waals surface area contributed by atoms with Crippen LogP contribution in [0.2, 0.25) is 0 Å². The maximum atomic E-state index is 12.9. The van der Waals surface area contributed by atoms with Gasteiger partial charge >= 0.3 is 0 Å². The SMILES string of the molecule is COC[C@@H]1CN(C(=O)[C@@H]2C[C@@]23CCc2ccccc23)CCO1. The number of methoxy groups -OCH3 is 1. The summed E-state index contributed by atoms with van der Waals surface area (Å²) in [6, 6.07) is 8.65. The van der Waals surface area contributed by atoms with E-state index in [0.717, 1.165) is 19.3 Å². The minimum absolute atomic E-state index is 0.0215. The smallest absolute Gasteiger partial charge is 0.226 e. The highest BCUT2D eigenvalue weighted by atomic mass is 16.5. The maximum Gasteiger partial charge on any atom is 0.226 e. The third kappa shape index (κ3) is 2.17. The second-order valence-electron chi connectivity index (χ2n) is 6.80. The summed E-state index contributed by atoms with van der Waals surface area (Å²) in [5, 5.41) is 0. The number of fused-ring (bicyclic) bond motifs is 2. The van der Waals surface area contributed by atoms with Gasteiger partial charge in [-0.3, -0.25) is 4.79 Å². The number of amides is 1. The van der Waals surface area contributed by atoms with E-state index in [9.17, 15) is 4.79 Å². The molecular weight excluding hydrogens is 278 g/mol. The summed E-state index contributed by atoms with van der Waals surface area (Å²) < 4.78 is 10.8. The summed E-state index contributed by atoms with van der Waals surface area (Å²) in [7, 11) is 1.68. The van der Waals surface area contributed by atoms with Gasteiger partial charge in [0.25, 0.3) is 0 Å². The van der Waals surface area contributed by atoms with Crippen LogP contribution in [0.25, 0.3) is 0 Å². The molecule has 0 aromatic heterocycles. The molecule has 1 saturated carbocycles. The molecule has 1 saturated heterocycles. The third-order valence-electron chi connectivity index (χ3n) is 5.57. The second-order valence-corrected chi connectivity index (χ2v) is 6.80. The lowest BCUT2D eigenvalue weighted by atomic mass is 9.95. The molecular formula is C18H23NO3.